The van der Waals surface area contributed by atoms with E-state index in [1.807, 2.05) is 25.1 Å². The highest BCUT2D eigenvalue weighted by Crippen LogP contribution is 2.27. The van der Waals surface area contributed by atoms with Crippen molar-refractivity contribution in [2.24, 2.45) is 0 Å². The predicted octanol–water partition coefficient (Wildman–Crippen LogP) is 4.42. The molecule has 0 bridgehead atoms. The number of ether oxygens (including phenoxy) is 1. The van der Waals surface area contributed by atoms with Crippen molar-refractivity contribution < 1.29 is 14.2 Å². The maximum Gasteiger partial charge on any atom is 0.141 e. The molecular weight excluding hydrogens is 279 g/mol. The van der Waals surface area contributed by atoms with Gasteiger partial charge in [-0.3, -0.25) is 0 Å². The lowest BCUT2D eigenvalue weighted by atomic mass is 10.1. The number of aliphatic hydroxyl groups excluding tert-OH is 1. The monoisotopic (exact) mass is 294 g/mol. The van der Waals surface area contributed by atoms with E-state index < -0.39 is 11.9 Å². The molecule has 0 spiro atoms. The summed E-state index contributed by atoms with van der Waals surface area (Å²) in [5, 5.41) is 9.80. The van der Waals surface area contributed by atoms with Crippen LogP contribution in [0.4, 0.5) is 4.39 Å². The van der Waals surface area contributed by atoms with E-state index >= 15 is 0 Å². The molecule has 0 aliphatic carbocycles. The van der Waals surface area contributed by atoms with Crippen molar-refractivity contribution in [1.82, 2.24) is 0 Å². The van der Waals surface area contributed by atoms with Gasteiger partial charge in [0.05, 0.1) is 11.1 Å². The summed E-state index contributed by atoms with van der Waals surface area (Å²) in [6.07, 6.45) is -0.609. The van der Waals surface area contributed by atoms with Crippen molar-refractivity contribution in [2.45, 2.75) is 26.6 Å². The summed E-state index contributed by atoms with van der Waals surface area (Å²) in [6, 6.07) is 10.1. The third-order valence-corrected chi connectivity index (χ3v) is 3.29. The first-order valence-electron chi connectivity index (χ1n) is 6.32. The molecule has 0 saturated carbocycles. The molecule has 2 aromatic rings. The normalized spacial score (nSPS) is 12.2. The number of rotatable bonds is 4. The number of benzene rings is 2. The van der Waals surface area contributed by atoms with Gasteiger partial charge in [-0.05, 0) is 43.2 Å². The summed E-state index contributed by atoms with van der Waals surface area (Å²) in [7, 11) is 0. The fourth-order valence-electron chi connectivity index (χ4n) is 1.90. The Balaban J connectivity index is 2.17. The SMILES string of the molecule is Cc1ccc([C@@H](C)O)c(OCc2ccc(F)c(Cl)c2)c1. The largest absolute Gasteiger partial charge is 0.489 e. The first kappa shape index (κ1) is 14.8. The van der Waals surface area contributed by atoms with Gasteiger partial charge in [-0.1, -0.05) is 29.8 Å². The molecule has 0 heterocycles. The third kappa shape index (κ3) is 3.50. The van der Waals surface area contributed by atoms with Crippen LogP contribution in [0, 0.1) is 12.7 Å². The standard InChI is InChI=1S/C16H16ClFO2/c1-10-3-5-13(11(2)19)16(7-10)20-9-12-4-6-15(18)14(17)8-12/h3-8,11,19H,9H2,1-2H3/t11-/m1/s1. The molecule has 4 heteroatoms. The Labute approximate surface area is 122 Å². The van der Waals surface area contributed by atoms with E-state index in [4.69, 9.17) is 16.3 Å². The van der Waals surface area contributed by atoms with Crippen molar-refractivity contribution in [3.8, 4) is 5.75 Å². The highest BCUT2D eigenvalue weighted by atomic mass is 35.5. The van der Waals surface area contributed by atoms with Gasteiger partial charge in [0.2, 0.25) is 0 Å². The van der Waals surface area contributed by atoms with Crippen LogP contribution >= 0.6 is 11.6 Å². The predicted molar refractivity (Wildman–Crippen MR) is 77.6 cm³/mol. The van der Waals surface area contributed by atoms with Gasteiger partial charge in [0.15, 0.2) is 0 Å². The van der Waals surface area contributed by atoms with Gasteiger partial charge in [0, 0.05) is 5.56 Å². The first-order chi connectivity index (χ1) is 9.47. The Hall–Kier alpha value is -1.58. The van der Waals surface area contributed by atoms with E-state index in [1.54, 1.807) is 13.0 Å². The molecule has 2 aromatic carbocycles. The zero-order chi connectivity index (χ0) is 14.7. The average molecular weight is 295 g/mol. The van der Waals surface area contributed by atoms with E-state index in [9.17, 15) is 9.50 Å². The van der Waals surface area contributed by atoms with Crippen molar-refractivity contribution in [2.75, 3.05) is 0 Å². The summed E-state index contributed by atoms with van der Waals surface area (Å²) in [4.78, 5) is 0. The summed E-state index contributed by atoms with van der Waals surface area (Å²) >= 11 is 5.73. The molecule has 0 aromatic heterocycles. The van der Waals surface area contributed by atoms with E-state index in [-0.39, 0.29) is 11.6 Å². The van der Waals surface area contributed by atoms with Crippen LogP contribution in [0.2, 0.25) is 5.02 Å². The zero-order valence-electron chi connectivity index (χ0n) is 11.4. The minimum absolute atomic E-state index is 0.0751. The van der Waals surface area contributed by atoms with Crippen LogP contribution in [0.15, 0.2) is 36.4 Å². The Kier molecular flexibility index (Phi) is 4.63. The topological polar surface area (TPSA) is 29.5 Å². The molecule has 20 heavy (non-hydrogen) atoms. The second kappa shape index (κ2) is 6.25. The number of aryl methyl sites for hydroxylation is 1. The van der Waals surface area contributed by atoms with Crippen LogP contribution in [0.1, 0.15) is 29.7 Å². The summed E-state index contributed by atoms with van der Waals surface area (Å²) in [5.41, 5.74) is 2.54. The Morgan fingerprint density at radius 1 is 1.25 bits per heavy atom. The molecule has 0 aliphatic heterocycles. The van der Waals surface area contributed by atoms with Gasteiger partial charge in [-0.25, -0.2) is 4.39 Å². The Morgan fingerprint density at radius 3 is 2.65 bits per heavy atom. The van der Waals surface area contributed by atoms with Crippen molar-refractivity contribution in [3.05, 3.63) is 63.9 Å². The highest BCUT2D eigenvalue weighted by Gasteiger charge is 2.10. The van der Waals surface area contributed by atoms with Crippen LogP contribution < -0.4 is 4.74 Å². The minimum atomic E-state index is -0.609. The van der Waals surface area contributed by atoms with Gasteiger partial charge in [-0.2, -0.15) is 0 Å². The molecule has 0 fully saturated rings. The summed E-state index contributed by atoms with van der Waals surface area (Å²) < 4.78 is 18.8. The minimum Gasteiger partial charge on any atom is -0.489 e. The first-order valence-corrected chi connectivity index (χ1v) is 6.70. The highest BCUT2D eigenvalue weighted by molar-refractivity contribution is 6.30. The van der Waals surface area contributed by atoms with Crippen LogP contribution in [0.5, 0.6) is 5.75 Å². The van der Waals surface area contributed by atoms with Gasteiger partial charge >= 0.3 is 0 Å². The van der Waals surface area contributed by atoms with E-state index in [0.29, 0.717) is 5.75 Å². The van der Waals surface area contributed by atoms with E-state index in [2.05, 4.69) is 0 Å². The second-order valence-corrected chi connectivity index (χ2v) is 5.16. The van der Waals surface area contributed by atoms with Gasteiger partial charge < -0.3 is 9.84 Å². The van der Waals surface area contributed by atoms with Crippen LogP contribution in [0.25, 0.3) is 0 Å². The summed E-state index contributed by atoms with van der Waals surface area (Å²) in [5.74, 6) is 0.177. The molecule has 1 atom stereocenters. The lowest BCUT2D eigenvalue weighted by Gasteiger charge is -2.14. The number of aliphatic hydroxyl groups is 1. The molecule has 2 nitrogen and oxygen atoms in total. The Morgan fingerprint density at radius 2 is 2.00 bits per heavy atom. The maximum atomic E-state index is 13.1. The molecule has 0 aliphatic rings. The fourth-order valence-corrected chi connectivity index (χ4v) is 2.11. The molecule has 0 unspecified atom stereocenters. The lowest BCUT2D eigenvalue weighted by Crippen LogP contribution is -2.01. The quantitative estimate of drug-likeness (QED) is 0.904. The third-order valence-electron chi connectivity index (χ3n) is 3.00. The molecule has 0 amide bonds. The fraction of sp³-hybridized carbons (Fsp3) is 0.250. The average Bonchev–Trinajstić information content (AvgIpc) is 2.40. The van der Waals surface area contributed by atoms with Crippen LogP contribution in [-0.4, -0.2) is 5.11 Å². The molecule has 1 N–H and O–H groups in total. The number of hydrogen-bond acceptors (Lipinski definition) is 2. The zero-order valence-corrected chi connectivity index (χ0v) is 12.1. The summed E-state index contributed by atoms with van der Waals surface area (Å²) in [6.45, 7) is 3.91. The van der Waals surface area contributed by atoms with Crippen molar-refractivity contribution >= 4 is 11.6 Å². The van der Waals surface area contributed by atoms with E-state index in [0.717, 1.165) is 16.7 Å². The lowest BCUT2D eigenvalue weighted by molar-refractivity contribution is 0.190. The number of hydrogen-bond donors (Lipinski definition) is 1. The molecule has 106 valence electrons. The van der Waals surface area contributed by atoms with Gasteiger partial charge in [-0.15, -0.1) is 0 Å². The van der Waals surface area contributed by atoms with Crippen LogP contribution in [-0.2, 0) is 6.61 Å². The Bertz CT molecular complexity index is 611. The maximum absolute atomic E-state index is 13.1. The van der Waals surface area contributed by atoms with Crippen molar-refractivity contribution in [1.29, 1.82) is 0 Å². The van der Waals surface area contributed by atoms with Crippen molar-refractivity contribution in [3.63, 3.8) is 0 Å². The second-order valence-electron chi connectivity index (χ2n) is 4.75. The van der Waals surface area contributed by atoms with Gasteiger partial charge in [0.1, 0.15) is 18.2 Å². The molecule has 0 radical (unpaired) electrons. The molecule has 2 rings (SSSR count). The van der Waals surface area contributed by atoms with E-state index in [1.165, 1.54) is 12.1 Å². The van der Waals surface area contributed by atoms with Gasteiger partial charge in [0.25, 0.3) is 0 Å². The van der Waals surface area contributed by atoms with Crippen LogP contribution in [0.3, 0.4) is 0 Å². The molecular formula is C16H16ClFO2. The smallest absolute Gasteiger partial charge is 0.141 e. The molecule has 0 saturated heterocycles. The number of halogens is 2.